The van der Waals surface area contributed by atoms with Crippen molar-refractivity contribution in [3.05, 3.63) is 77.4 Å². The molecular weight excluding hydrogens is 459 g/mol. The molecular formula is C26H26F3N3O3. The maximum absolute atomic E-state index is 13.7. The van der Waals surface area contributed by atoms with Gasteiger partial charge in [0.25, 0.3) is 0 Å². The van der Waals surface area contributed by atoms with Crippen LogP contribution in [-0.2, 0) is 33.5 Å². The van der Waals surface area contributed by atoms with E-state index in [-0.39, 0.29) is 31.0 Å². The number of amides is 2. The summed E-state index contributed by atoms with van der Waals surface area (Å²) in [4.78, 5) is 26.4. The van der Waals surface area contributed by atoms with E-state index < -0.39 is 17.6 Å². The van der Waals surface area contributed by atoms with Gasteiger partial charge < -0.3 is 20.3 Å². The lowest BCUT2D eigenvalue weighted by molar-refractivity contribution is -0.138. The summed E-state index contributed by atoms with van der Waals surface area (Å²) in [5.74, 6) is -0.913. The van der Waals surface area contributed by atoms with Gasteiger partial charge in [0.15, 0.2) is 0 Å². The summed E-state index contributed by atoms with van der Waals surface area (Å²) in [6.45, 7) is 1.35. The number of benzene rings is 3. The quantitative estimate of drug-likeness (QED) is 0.536. The number of morpholine rings is 1. The Labute approximate surface area is 201 Å². The highest BCUT2D eigenvalue weighted by molar-refractivity contribution is 5.91. The van der Waals surface area contributed by atoms with Crippen molar-refractivity contribution in [2.24, 2.45) is 0 Å². The Morgan fingerprint density at radius 3 is 2.40 bits per heavy atom. The number of fused-ring (bicyclic) bond motifs is 1. The van der Waals surface area contributed by atoms with Crippen LogP contribution >= 0.6 is 0 Å². The number of hydrogen-bond acceptors (Lipinski definition) is 4. The smallest absolute Gasteiger partial charge is 0.378 e. The highest BCUT2D eigenvalue weighted by atomic mass is 19.4. The van der Waals surface area contributed by atoms with Crippen molar-refractivity contribution in [1.82, 2.24) is 10.6 Å². The maximum atomic E-state index is 13.7. The van der Waals surface area contributed by atoms with Crippen molar-refractivity contribution >= 4 is 28.3 Å². The van der Waals surface area contributed by atoms with Gasteiger partial charge >= 0.3 is 6.18 Å². The van der Waals surface area contributed by atoms with Crippen molar-refractivity contribution in [3.63, 3.8) is 0 Å². The zero-order chi connectivity index (χ0) is 24.8. The minimum atomic E-state index is -4.56. The van der Waals surface area contributed by atoms with Crippen molar-refractivity contribution in [3.8, 4) is 0 Å². The third kappa shape index (κ3) is 6.30. The molecule has 0 spiro atoms. The van der Waals surface area contributed by atoms with Crippen molar-refractivity contribution in [2.75, 3.05) is 37.7 Å². The fourth-order valence-corrected chi connectivity index (χ4v) is 4.12. The first-order valence-electron chi connectivity index (χ1n) is 11.3. The van der Waals surface area contributed by atoms with Gasteiger partial charge in [0.2, 0.25) is 11.8 Å². The van der Waals surface area contributed by atoms with E-state index >= 15 is 0 Å². The lowest BCUT2D eigenvalue weighted by atomic mass is 10.0. The van der Waals surface area contributed by atoms with Gasteiger partial charge in [0, 0.05) is 25.3 Å². The molecule has 4 rings (SSSR count). The topological polar surface area (TPSA) is 70.7 Å². The van der Waals surface area contributed by atoms with Crippen LogP contribution in [-0.4, -0.2) is 44.7 Å². The lowest BCUT2D eigenvalue weighted by Crippen LogP contribution is -2.37. The molecule has 0 atom stereocenters. The maximum Gasteiger partial charge on any atom is 0.416 e. The standard InChI is InChI=1S/C26H26F3N3O3/c27-26(28,29)23-15-21(32-10-12-35-13-11-32)9-8-20(23)16-30-25(34)17-31-24(33)14-19-6-3-5-18-4-1-2-7-22(18)19/h1-9,15H,10-14,16-17H2,(H,30,34)(H,31,33). The van der Waals surface area contributed by atoms with Gasteiger partial charge in [0.1, 0.15) is 0 Å². The number of carbonyl (C=O) groups is 2. The Morgan fingerprint density at radius 2 is 1.63 bits per heavy atom. The van der Waals surface area contributed by atoms with Crippen LogP contribution in [0.2, 0.25) is 0 Å². The first-order chi connectivity index (χ1) is 16.8. The number of ether oxygens (including phenoxy) is 1. The normalized spacial score (nSPS) is 14.1. The first-order valence-corrected chi connectivity index (χ1v) is 11.3. The molecule has 1 saturated heterocycles. The van der Waals surface area contributed by atoms with Crippen LogP contribution in [0.1, 0.15) is 16.7 Å². The number of alkyl halides is 3. The Kier molecular flexibility index (Phi) is 7.55. The summed E-state index contributed by atoms with van der Waals surface area (Å²) >= 11 is 0. The molecule has 1 heterocycles. The Hall–Kier alpha value is -3.59. The van der Waals surface area contributed by atoms with Gasteiger partial charge in [-0.2, -0.15) is 13.2 Å². The molecule has 9 heteroatoms. The molecule has 2 N–H and O–H groups in total. The second-order valence-corrected chi connectivity index (χ2v) is 8.31. The van der Waals surface area contributed by atoms with Crippen LogP contribution in [0.3, 0.4) is 0 Å². The predicted octanol–water partition coefficient (Wildman–Crippen LogP) is 3.67. The van der Waals surface area contributed by atoms with E-state index in [4.69, 9.17) is 4.74 Å². The predicted molar refractivity (Wildman–Crippen MR) is 127 cm³/mol. The van der Waals surface area contributed by atoms with Gasteiger partial charge in [-0.15, -0.1) is 0 Å². The van der Waals surface area contributed by atoms with E-state index in [1.807, 2.05) is 47.4 Å². The molecule has 1 fully saturated rings. The minimum Gasteiger partial charge on any atom is -0.378 e. The largest absolute Gasteiger partial charge is 0.416 e. The van der Waals surface area contributed by atoms with Gasteiger partial charge in [-0.3, -0.25) is 9.59 Å². The molecule has 1 aliphatic heterocycles. The van der Waals surface area contributed by atoms with E-state index in [2.05, 4.69) is 10.6 Å². The van der Waals surface area contributed by atoms with Crippen LogP contribution in [0.4, 0.5) is 18.9 Å². The SMILES string of the molecule is O=C(CNC(=O)Cc1cccc2ccccc12)NCc1ccc(N2CCOCC2)cc1C(F)(F)F. The Morgan fingerprint density at radius 1 is 0.886 bits per heavy atom. The molecule has 3 aromatic rings. The number of halogens is 3. The summed E-state index contributed by atoms with van der Waals surface area (Å²) in [6.07, 6.45) is -4.47. The molecule has 0 unspecified atom stereocenters. The second kappa shape index (κ2) is 10.8. The van der Waals surface area contributed by atoms with E-state index in [1.165, 1.54) is 6.07 Å². The van der Waals surface area contributed by atoms with Crippen molar-refractivity contribution < 1.29 is 27.5 Å². The average molecular weight is 486 g/mol. The molecule has 6 nitrogen and oxygen atoms in total. The molecule has 0 radical (unpaired) electrons. The average Bonchev–Trinajstić information content (AvgIpc) is 2.86. The van der Waals surface area contributed by atoms with Crippen molar-refractivity contribution in [2.45, 2.75) is 19.1 Å². The monoisotopic (exact) mass is 485 g/mol. The lowest BCUT2D eigenvalue weighted by Gasteiger charge is -2.29. The number of hydrogen-bond donors (Lipinski definition) is 2. The zero-order valence-corrected chi connectivity index (χ0v) is 19.0. The fourth-order valence-electron chi connectivity index (χ4n) is 4.12. The number of rotatable bonds is 7. The second-order valence-electron chi connectivity index (χ2n) is 8.31. The van der Waals surface area contributed by atoms with E-state index in [0.717, 1.165) is 22.4 Å². The van der Waals surface area contributed by atoms with Crippen LogP contribution in [0, 0.1) is 0 Å². The number of carbonyl (C=O) groups excluding carboxylic acids is 2. The first kappa shape index (κ1) is 24.5. The summed E-state index contributed by atoms with van der Waals surface area (Å²) in [5, 5.41) is 6.97. The summed E-state index contributed by atoms with van der Waals surface area (Å²) in [5.41, 5.74) is 0.472. The van der Waals surface area contributed by atoms with Crippen molar-refractivity contribution in [1.29, 1.82) is 0 Å². The van der Waals surface area contributed by atoms with Gasteiger partial charge in [-0.1, -0.05) is 48.5 Å². The van der Waals surface area contributed by atoms with Crippen LogP contribution in [0.15, 0.2) is 60.7 Å². The summed E-state index contributed by atoms with van der Waals surface area (Å²) in [6, 6.07) is 17.4. The summed E-state index contributed by atoms with van der Waals surface area (Å²) < 4.78 is 46.3. The molecule has 3 aromatic carbocycles. The molecule has 2 amide bonds. The number of nitrogens with one attached hydrogen (secondary N) is 2. The van der Waals surface area contributed by atoms with Gasteiger partial charge in [-0.25, -0.2) is 0 Å². The number of anilines is 1. The molecule has 184 valence electrons. The highest BCUT2D eigenvalue weighted by Crippen LogP contribution is 2.35. The number of nitrogens with zero attached hydrogens (tertiary/aromatic N) is 1. The third-order valence-electron chi connectivity index (χ3n) is 5.93. The highest BCUT2D eigenvalue weighted by Gasteiger charge is 2.34. The van der Waals surface area contributed by atoms with Crippen LogP contribution < -0.4 is 15.5 Å². The fraction of sp³-hybridized carbons (Fsp3) is 0.308. The molecule has 0 aromatic heterocycles. The zero-order valence-electron chi connectivity index (χ0n) is 19.0. The van der Waals surface area contributed by atoms with E-state index in [0.29, 0.717) is 32.0 Å². The van der Waals surface area contributed by atoms with Gasteiger partial charge in [-0.05, 0) is 34.0 Å². The Bertz CT molecular complexity index is 1200. The van der Waals surface area contributed by atoms with Gasteiger partial charge in [0.05, 0.1) is 31.7 Å². The van der Waals surface area contributed by atoms with E-state index in [9.17, 15) is 22.8 Å². The molecule has 0 saturated carbocycles. The summed E-state index contributed by atoms with van der Waals surface area (Å²) in [7, 11) is 0. The Balaban J connectivity index is 1.33. The molecule has 0 bridgehead atoms. The molecule has 35 heavy (non-hydrogen) atoms. The third-order valence-corrected chi connectivity index (χ3v) is 5.93. The van der Waals surface area contributed by atoms with Crippen LogP contribution in [0.25, 0.3) is 10.8 Å². The minimum absolute atomic E-state index is 0.0371. The van der Waals surface area contributed by atoms with Crippen LogP contribution in [0.5, 0.6) is 0 Å². The molecule has 0 aliphatic carbocycles. The van der Waals surface area contributed by atoms with E-state index in [1.54, 1.807) is 6.07 Å². The molecule has 1 aliphatic rings.